The lowest BCUT2D eigenvalue weighted by Crippen LogP contribution is -2.46. The maximum Gasteiger partial charge on any atom is 0.104 e. The second kappa shape index (κ2) is 4.76. The Morgan fingerprint density at radius 3 is 2.50 bits per heavy atom. The molecule has 4 nitrogen and oxygen atoms in total. The van der Waals surface area contributed by atoms with Crippen LogP contribution in [0.4, 0.5) is 0 Å². The Kier molecular flexibility index (Phi) is 3.63. The lowest BCUT2D eigenvalue weighted by molar-refractivity contribution is 0.472. The molecule has 0 bridgehead atoms. The van der Waals surface area contributed by atoms with Crippen molar-refractivity contribution in [3.8, 4) is 12.1 Å². The highest BCUT2D eigenvalue weighted by Crippen LogP contribution is 2.23. The van der Waals surface area contributed by atoms with Crippen LogP contribution < -0.4 is 11.5 Å². The summed E-state index contributed by atoms with van der Waals surface area (Å²) in [5, 5.41) is 17.4. The van der Waals surface area contributed by atoms with Gasteiger partial charge < -0.3 is 11.5 Å². The molecule has 0 aliphatic heterocycles. The van der Waals surface area contributed by atoms with Crippen LogP contribution in [0.1, 0.15) is 23.1 Å². The maximum atomic E-state index is 8.77. The first-order chi connectivity index (χ1) is 7.53. The van der Waals surface area contributed by atoms with Crippen LogP contribution in [-0.2, 0) is 12.1 Å². The van der Waals surface area contributed by atoms with Crippen molar-refractivity contribution in [1.29, 1.82) is 10.5 Å². The Morgan fingerprint density at radius 1 is 1.25 bits per heavy atom. The standard InChI is InChI=1S/C12H14N4/c1-9-3-2-4-11(10(9)5-7-13)12(15,16)6-8-14/h2-4H,5-6,15-16H2,1H3. The summed E-state index contributed by atoms with van der Waals surface area (Å²) in [7, 11) is 0. The molecule has 0 spiro atoms. The highest BCUT2D eigenvalue weighted by molar-refractivity contribution is 5.40. The predicted octanol–water partition coefficient (Wildman–Crippen LogP) is 1.04. The van der Waals surface area contributed by atoms with Gasteiger partial charge in [0, 0.05) is 0 Å². The van der Waals surface area contributed by atoms with Crippen molar-refractivity contribution in [2.45, 2.75) is 25.4 Å². The molecule has 0 unspecified atom stereocenters. The maximum absolute atomic E-state index is 8.77. The van der Waals surface area contributed by atoms with Crippen LogP contribution in [0.15, 0.2) is 18.2 Å². The number of nitriles is 2. The minimum absolute atomic E-state index is 0.0227. The molecule has 82 valence electrons. The van der Waals surface area contributed by atoms with Crippen LogP contribution in [0, 0.1) is 29.6 Å². The van der Waals surface area contributed by atoms with Gasteiger partial charge in [0.25, 0.3) is 0 Å². The molecule has 0 saturated carbocycles. The van der Waals surface area contributed by atoms with Crippen molar-refractivity contribution in [3.63, 3.8) is 0 Å². The summed E-state index contributed by atoms with van der Waals surface area (Å²) in [6, 6.07) is 9.55. The Labute approximate surface area is 95.1 Å². The van der Waals surface area contributed by atoms with E-state index in [4.69, 9.17) is 22.0 Å². The first kappa shape index (κ1) is 12.2. The molecular weight excluding hydrogens is 200 g/mol. The molecule has 0 saturated heterocycles. The van der Waals surface area contributed by atoms with E-state index in [1.807, 2.05) is 25.1 Å². The topological polar surface area (TPSA) is 99.6 Å². The molecule has 0 aliphatic carbocycles. The van der Waals surface area contributed by atoms with E-state index in [2.05, 4.69) is 6.07 Å². The zero-order valence-corrected chi connectivity index (χ0v) is 9.20. The molecule has 16 heavy (non-hydrogen) atoms. The van der Waals surface area contributed by atoms with Gasteiger partial charge in [-0.05, 0) is 23.6 Å². The summed E-state index contributed by atoms with van der Waals surface area (Å²) in [4.78, 5) is 0. The van der Waals surface area contributed by atoms with E-state index in [-0.39, 0.29) is 12.8 Å². The minimum atomic E-state index is -1.19. The molecule has 0 radical (unpaired) electrons. The van der Waals surface area contributed by atoms with E-state index in [0.717, 1.165) is 11.1 Å². The molecular formula is C12H14N4. The lowest BCUT2D eigenvalue weighted by Gasteiger charge is -2.25. The van der Waals surface area contributed by atoms with Gasteiger partial charge in [0.2, 0.25) is 0 Å². The largest absolute Gasteiger partial charge is 0.309 e. The van der Waals surface area contributed by atoms with Gasteiger partial charge >= 0.3 is 0 Å². The zero-order valence-electron chi connectivity index (χ0n) is 9.20. The fraction of sp³-hybridized carbons (Fsp3) is 0.333. The summed E-state index contributed by atoms with van der Waals surface area (Å²) in [5.74, 6) is 0. The van der Waals surface area contributed by atoms with Crippen LogP contribution in [0.25, 0.3) is 0 Å². The van der Waals surface area contributed by atoms with Gasteiger partial charge in [-0.3, -0.25) is 0 Å². The second-order valence-electron chi connectivity index (χ2n) is 3.81. The molecule has 0 atom stereocenters. The van der Waals surface area contributed by atoms with Gasteiger partial charge in [0.05, 0.1) is 25.0 Å². The molecule has 1 aromatic rings. The van der Waals surface area contributed by atoms with E-state index in [1.165, 1.54) is 0 Å². The number of aryl methyl sites for hydroxylation is 1. The van der Waals surface area contributed by atoms with E-state index >= 15 is 0 Å². The average Bonchev–Trinajstić information content (AvgIpc) is 2.21. The number of hydrogen-bond donors (Lipinski definition) is 2. The second-order valence-corrected chi connectivity index (χ2v) is 3.81. The first-order valence-electron chi connectivity index (χ1n) is 4.93. The molecule has 4 N–H and O–H groups in total. The number of benzene rings is 1. The number of hydrogen-bond acceptors (Lipinski definition) is 4. The monoisotopic (exact) mass is 214 g/mol. The Morgan fingerprint density at radius 2 is 1.94 bits per heavy atom. The fourth-order valence-corrected chi connectivity index (χ4v) is 1.68. The van der Waals surface area contributed by atoms with Gasteiger partial charge in [-0.2, -0.15) is 10.5 Å². The van der Waals surface area contributed by atoms with E-state index < -0.39 is 5.66 Å². The van der Waals surface area contributed by atoms with Gasteiger partial charge in [0.15, 0.2) is 0 Å². The molecule has 0 amide bonds. The zero-order chi connectivity index (χ0) is 12.2. The average molecular weight is 214 g/mol. The van der Waals surface area contributed by atoms with Gasteiger partial charge in [-0.25, -0.2) is 0 Å². The smallest absolute Gasteiger partial charge is 0.104 e. The van der Waals surface area contributed by atoms with Gasteiger partial charge in [0.1, 0.15) is 5.66 Å². The third kappa shape index (κ3) is 2.38. The third-order valence-electron chi connectivity index (χ3n) is 2.54. The summed E-state index contributed by atoms with van der Waals surface area (Å²) in [5.41, 5.74) is 13.1. The first-order valence-corrected chi connectivity index (χ1v) is 4.93. The molecule has 0 aliphatic rings. The summed E-state index contributed by atoms with van der Waals surface area (Å²) in [6.07, 6.45) is 0.276. The van der Waals surface area contributed by atoms with E-state index in [1.54, 1.807) is 6.07 Å². The molecule has 4 heteroatoms. The van der Waals surface area contributed by atoms with Crippen LogP contribution in [0.5, 0.6) is 0 Å². The molecule has 1 rings (SSSR count). The van der Waals surface area contributed by atoms with Crippen molar-refractivity contribution >= 4 is 0 Å². The van der Waals surface area contributed by atoms with Crippen molar-refractivity contribution in [3.05, 3.63) is 34.9 Å². The fourth-order valence-electron chi connectivity index (χ4n) is 1.68. The highest BCUT2D eigenvalue weighted by atomic mass is 15.0. The quantitative estimate of drug-likeness (QED) is 0.734. The van der Waals surface area contributed by atoms with E-state index in [9.17, 15) is 0 Å². The van der Waals surface area contributed by atoms with Crippen LogP contribution >= 0.6 is 0 Å². The Bertz CT molecular complexity index is 463. The lowest BCUT2D eigenvalue weighted by atomic mass is 9.89. The van der Waals surface area contributed by atoms with Crippen molar-refractivity contribution in [1.82, 2.24) is 0 Å². The summed E-state index contributed by atoms with van der Waals surface area (Å²) >= 11 is 0. The normalized spacial score (nSPS) is 10.6. The van der Waals surface area contributed by atoms with Crippen molar-refractivity contribution < 1.29 is 0 Å². The van der Waals surface area contributed by atoms with Crippen molar-refractivity contribution in [2.75, 3.05) is 0 Å². The molecule has 0 heterocycles. The van der Waals surface area contributed by atoms with Crippen LogP contribution in [-0.4, -0.2) is 0 Å². The number of nitrogens with zero attached hydrogens (tertiary/aromatic N) is 2. The molecule has 0 aromatic heterocycles. The summed E-state index contributed by atoms with van der Waals surface area (Å²) < 4.78 is 0. The predicted molar refractivity (Wildman–Crippen MR) is 60.8 cm³/mol. The minimum Gasteiger partial charge on any atom is -0.309 e. The Balaban J connectivity index is 3.29. The Hall–Kier alpha value is -1.88. The van der Waals surface area contributed by atoms with Crippen LogP contribution in [0.2, 0.25) is 0 Å². The SMILES string of the molecule is Cc1cccc(C(N)(N)CC#N)c1CC#N. The van der Waals surface area contributed by atoms with Crippen LogP contribution in [0.3, 0.4) is 0 Å². The molecule has 1 aromatic carbocycles. The van der Waals surface area contributed by atoms with Gasteiger partial charge in [-0.1, -0.05) is 18.2 Å². The molecule has 0 fully saturated rings. The van der Waals surface area contributed by atoms with Crippen molar-refractivity contribution in [2.24, 2.45) is 11.5 Å². The third-order valence-corrected chi connectivity index (χ3v) is 2.54. The summed E-state index contributed by atoms with van der Waals surface area (Å²) in [6.45, 7) is 1.90. The number of rotatable bonds is 3. The highest BCUT2D eigenvalue weighted by Gasteiger charge is 2.25. The number of nitrogens with two attached hydrogens (primary N) is 2. The van der Waals surface area contributed by atoms with Gasteiger partial charge in [-0.15, -0.1) is 0 Å². The van der Waals surface area contributed by atoms with E-state index in [0.29, 0.717) is 5.56 Å².